The Morgan fingerprint density at radius 3 is 2.74 bits per heavy atom. The van der Waals surface area contributed by atoms with Gasteiger partial charge in [-0.3, -0.25) is 14.3 Å². The molecule has 5 rings (SSSR count). The topological polar surface area (TPSA) is 110 Å². The van der Waals surface area contributed by atoms with Crippen LogP contribution in [0.2, 0.25) is 5.02 Å². The molecule has 1 fully saturated rings. The maximum atomic E-state index is 13.2. The number of anilines is 1. The van der Waals surface area contributed by atoms with Gasteiger partial charge in [0, 0.05) is 55.4 Å². The monoisotopic (exact) mass is 558 g/mol. The SMILES string of the molecule is CCN1CCN(C(=O)Cn2cc(NC(=O)c3cnn4cccnc34)c(-c3cc(Cl)ccc3OC(F)F)n2)CC1. The van der Waals surface area contributed by atoms with Crippen LogP contribution in [0.25, 0.3) is 16.9 Å². The van der Waals surface area contributed by atoms with Gasteiger partial charge in [0.2, 0.25) is 5.91 Å². The highest BCUT2D eigenvalue weighted by atomic mass is 35.5. The van der Waals surface area contributed by atoms with Crippen LogP contribution in [0, 0.1) is 0 Å². The Hall–Kier alpha value is -4.10. The number of rotatable bonds is 8. The lowest BCUT2D eigenvalue weighted by Gasteiger charge is -2.34. The number of fused-ring (bicyclic) bond motifs is 1. The molecule has 0 unspecified atom stereocenters. The van der Waals surface area contributed by atoms with Crippen molar-refractivity contribution in [2.24, 2.45) is 0 Å². The van der Waals surface area contributed by atoms with E-state index >= 15 is 0 Å². The Morgan fingerprint density at radius 2 is 2.00 bits per heavy atom. The molecule has 0 radical (unpaired) electrons. The largest absolute Gasteiger partial charge is 0.434 e. The number of hydrogen-bond acceptors (Lipinski definition) is 7. The Kier molecular flexibility index (Phi) is 7.70. The first-order valence-electron chi connectivity index (χ1n) is 12.2. The van der Waals surface area contributed by atoms with E-state index in [0.717, 1.165) is 19.6 Å². The minimum atomic E-state index is -3.10. The molecule has 4 aromatic rings. The number of carbonyl (C=O) groups is 2. The Morgan fingerprint density at radius 1 is 1.21 bits per heavy atom. The smallest absolute Gasteiger partial charge is 0.387 e. The van der Waals surface area contributed by atoms with Crippen molar-refractivity contribution < 1.29 is 23.1 Å². The van der Waals surface area contributed by atoms with Crippen LogP contribution in [-0.4, -0.2) is 85.3 Å². The molecule has 0 spiro atoms. The standard InChI is InChI=1S/C25H25ClF2N8O3/c1-2-33-8-10-34(11-9-33)21(37)15-35-14-19(31-24(38)18-13-30-36-7-3-6-29-23(18)36)22(32-35)17-12-16(26)4-5-20(17)39-25(27)28/h3-7,12-14,25H,2,8-11,15H2,1H3,(H,31,38). The summed E-state index contributed by atoms with van der Waals surface area (Å²) < 4.78 is 33.9. The van der Waals surface area contributed by atoms with Gasteiger partial charge in [-0.15, -0.1) is 0 Å². The van der Waals surface area contributed by atoms with E-state index in [4.69, 9.17) is 16.3 Å². The number of nitrogens with one attached hydrogen (secondary N) is 1. The van der Waals surface area contributed by atoms with Crippen molar-refractivity contribution in [3.05, 3.63) is 59.6 Å². The van der Waals surface area contributed by atoms with Gasteiger partial charge in [-0.05, 0) is 30.8 Å². The van der Waals surface area contributed by atoms with Gasteiger partial charge in [0.05, 0.1) is 11.9 Å². The van der Waals surface area contributed by atoms with E-state index in [0.29, 0.717) is 18.7 Å². The molecule has 3 aromatic heterocycles. The molecule has 14 heteroatoms. The van der Waals surface area contributed by atoms with Gasteiger partial charge in [0.15, 0.2) is 5.65 Å². The highest BCUT2D eigenvalue weighted by molar-refractivity contribution is 6.31. The summed E-state index contributed by atoms with van der Waals surface area (Å²) in [7, 11) is 0. The zero-order valence-corrected chi connectivity index (χ0v) is 21.7. The van der Waals surface area contributed by atoms with E-state index in [1.807, 2.05) is 0 Å². The van der Waals surface area contributed by atoms with Crippen LogP contribution in [0.15, 0.2) is 49.1 Å². The summed E-state index contributed by atoms with van der Waals surface area (Å²) in [4.78, 5) is 34.5. The summed E-state index contributed by atoms with van der Waals surface area (Å²) in [5.41, 5.74) is 0.915. The summed E-state index contributed by atoms with van der Waals surface area (Å²) in [6.45, 7) is 2.51. The second-order valence-electron chi connectivity index (χ2n) is 8.82. The van der Waals surface area contributed by atoms with Gasteiger partial charge >= 0.3 is 6.61 Å². The lowest BCUT2D eigenvalue weighted by Crippen LogP contribution is -2.49. The molecule has 2 amide bonds. The van der Waals surface area contributed by atoms with Crippen LogP contribution in [-0.2, 0) is 11.3 Å². The molecular weight excluding hydrogens is 534 g/mol. The summed E-state index contributed by atoms with van der Waals surface area (Å²) in [6.07, 6.45) is 6.02. The number of aromatic nitrogens is 5. The maximum absolute atomic E-state index is 13.2. The van der Waals surface area contributed by atoms with E-state index in [-0.39, 0.29) is 45.7 Å². The lowest BCUT2D eigenvalue weighted by molar-refractivity contribution is -0.133. The first-order chi connectivity index (χ1) is 18.8. The van der Waals surface area contributed by atoms with E-state index in [1.54, 1.807) is 17.2 Å². The molecular formula is C25H25ClF2N8O3. The average molecular weight is 559 g/mol. The number of likely N-dealkylation sites (N-methyl/N-ethyl adjacent to an activating group) is 1. The normalized spacial score (nSPS) is 14.2. The van der Waals surface area contributed by atoms with Gasteiger partial charge < -0.3 is 19.9 Å². The van der Waals surface area contributed by atoms with Crippen LogP contribution in [0.5, 0.6) is 5.75 Å². The van der Waals surface area contributed by atoms with Gasteiger partial charge in [0.25, 0.3) is 5.91 Å². The second kappa shape index (κ2) is 11.3. The fourth-order valence-corrected chi connectivity index (χ4v) is 4.58. The summed E-state index contributed by atoms with van der Waals surface area (Å²) in [6, 6.07) is 5.78. The summed E-state index contributed by atoms with van der Waals surface area (Å²) in [5, 5.41) is 11.6. The molecule has 1 saturated heterocycles. The molecule has 204 valence electrons. The Balaban J connectivity index is 1.48. The van der Waals surface area contributed by atoms with Gasteiger partial charge in [-0.25, -0.2) is 9.50 Å². The van der Waals surface area contributed by atoms with Crippen molar-refractivity contribution in [1.82, 2.24) is 34.2 Å². The number of amides is 2. The number of halogens is 3. The van der Waals surface area contributed by atoms with Crippen LogP contribution >= 0.6 is 11.6 Å². The highest BCUT2D eigenvalue weighted by Gasteiger charge is 2.25. The van der Waals surface area contributed by atoms with Crippen molar-refractivity contribution >= 4 is 34.7 Å². The van der Waals surface area contributed by atoms with Crippen LogP contribution in [0.4, 0.5) is 14.5 Å². The van der Waals surface area contributed by atoms with Crippen molar-refractivity contribution in [2.45, 2.75) is 20.1 Å². The Bertz CT molecular complexity index is 1500. The van der Waals surface area contributed by atoms with Crippen molar-refractivity contribution in [3.8, 4) is 17.0 Å². The second-order valence-corrected chi connectivity index (χ2v) is 9.26. The molecule has 39 heavy (non-hydrogen) atoms. The number of benzene rings is 1. The molecule has 0 bridgehead atoms. The fraction of sp³-hybridized carbons (Fsp3) is 0.320. The molecule has 11 nitrogen and oxygen atoms in total. The number of carbonyl (C=O) groups excluding carboxylic acids is 2. The maximum Gasteiger partial charge on any atom is 0.387 e. The number of piperazine rings is 1. The van der Waals surface area contributed by atoms with Gasteiger partial charge in [0.1, 0.15) is 23.6 Å². The minimum absolute atomic E-state index is 0.106. The lowest BCUT2D eigenvalue weighted by atomic mass is 10.1. The molecule has 1 N–H and O–H groups in total. The van der Waals surface area contributed by atoms with E-state index in [2.05, 4.69) is 32.3 Å². The van der Waals surface area contributed by atoms with Crippen LogP contribution < -0.4 is 10.1 Å². The van der Waals surface area contributed by atoms with Crippen molar-refractivity contribution in [1.29, 1.82) is 0 Å². The Labute approximate surface area is 226 Å². The summed E-state index contributed by atoms with van der Waals surface area (Å²) in [5.74, 6) is -0.890. The van der Waals surface area contributed by atoms with Crippen molar-refractivity contribution in [3.63, 3.8) is 0 Å². The fourth-order valence-electron chi connectivity index (χ4n) is 4.41. The molecule has 0 aliphatic carbocycles. The minimum Gasteiger partial charge on any atom is -0.434 e. The van der Waals surface area contributed by atoms with Crippen LogP contribution in [0.3, 0.4) is 0 Å². The predicted octanol–water partition coefficient (Wildman–Crippen LogP) is 3.26. The third kappa shape index (κ3) is 5.83. The molecule has 0 atom stereocenters. The van der Waals surface area contributed by atoms with Gasteiger partial charge in [-0.2, -0.15) is 19.0 Å². The van der Waals surface area contributed by atoms with Gasteiger partial charge in [-0.1, -0.05) is 18.5 Å². The van der Waals surface area contributed by atoms with Crippen LogP contribution in [0.1, 0.15) is 17.3 Å². The zero-order valence-electron chi connectivity index (χ0n) is 20.9. The number of hydrogen-bond donors (Lipinski definition) is 1. The molecule has 4 heterocycles. The molecule has 1 aliphatic heterocycles. The average Bonchev–Trinajstić information content (AvgIpc) is 3.53. The first kappa shape index (κ1) is 26.5. The third-order valence-electron chi connectivity index (χ3n) is 6.42. The number of nitrogens with zero attached hydrogens (tertiary/aromatic N) is 7. The van der Waals surface area contributed by atoms with E-state index in [9.17, 15) is 18.4 Å². The van der Waals surface area contributed by atoms with Crippen molar-refractivity contribution in [2.75, 3.05) is 38.0 Å². The van der Waals surface area contributed by atoms with E-state index in [1.165, 1.54) is 46.0 Å². The summed E-state index contributed by atoms with van der Waals surface area (Å²) >= 11 is 6.18. The third-order valence-corrected chi connectivity index (χ3v) is 6.65. The number of alkyl halides is 2. The molecule has 1 aromatic carbocycles. The molecule has 0 saturated carbocycles. The first-order valence-corrected chi connectivity index (χ1v) is 12.6. The van der Waals surface area contributed by atoms with E-state index < -0.39 is 12.5 Å². The highest BCUT2D eigenvalue weighted by Crippen LogP contribution is 2.37. The predicted molar refractivity (Wildman–Crippen MR) is 139 cm³/mol. The quantitative estimate of drug-likeness (QED) is 0.353. The number of ether oxygens (including phenoxy) is 1. The zero-order chi connectivity index (χ0) is 27.5. The molecule has 1 aliphatic rings.